The number of hydrogen-bond acceptors (Lipinski definition) is 0. The van der Waals surface area contributed by atoms with Crippen molar-refractivity contribution >= 4 is 0 Å². The molecular weight excluding hydrogens is 216 g/mol. The summed E-state index contributed by atoms with van der Waals surface area (Å²) < 4.78 is 0. The predicted octanol–water partition coefficient (Wildman–Crippen LogP) is 6.01. The van der Waals surface area contributed by atoms with Crippen LogP contribution in [0.1, 0.15) is 70.8 Å². The summed E-state index contributed by atoms with van der Waals surface area (Å²) in [5.41, 5.74) is 1.49. The molecule has 0 radical (unpaired) electrons. The molecule has 0 amide bonds. The lowest BCUT2D eigenvalue weighted by Crippen LogP contribution is -1.97. The minimum atomic E-state index is 0.886. The fourth-order valence-corrected chi connectivity index (χ4v) is 2.48. The SMILES string of the molecule is CCCCCCCC[C@H](C)CCc1ccccc1. The lowest BCUT2D eigenvalue weighted by Gasteiger charge is -2.11. The molecule has 18 heavy (non-hydrogen) atoms. The van der Waals surface area contributed by atoms with Gasteiger partial charge in [-0.1, -0.05) is 89.1 Å². The van der Waals surface area contributed by atoms with Crippen LogP contribution < -0.4 is 0 Å². The molecule has 102 valence electrons. The van der Waals surface area contributed by atoms with Crippen molar-refractivity contribution in [3.05, 3.63) is 35.9 Å². The number of benzene rings is 1. The van der Waals surface area contributed by atoms with Crippen LogP contribution >= 0.6 is 0 Å². The molecule has 0 bridgehead atoms. The number of rotatable bonds is 10. The zero-order chi connectivity index (χ0) is 13.1. The van der Waals surface area contributed by atoms with E-state index in [0.717, 1.165) is 5.92 Å². The highest BCUT2D eigenvalue weighted by molar-refractivity contribution is 5.14. The molecule has 0 N–H and O–H groups in total. The highest BCUT2D eigenvalue weighted by atomic mass is 14.1. The maximum Gasteiger partial charge on any atom is -0.0276 e. The molecule has 1 aromatic rings. The van der Waals surface area contributed by atoms with E-state index in [2.05, 4.69) is 44.2 Å². The summed E-state index contributed by atoms with van der Waals surface area (Å²) in [6, 6.07) is 10.9. The van der Waals surface area contributed by atoms with Crippen molar-refractivity contribution in [2.24, 2.45) is 5.92 Å². The van der Waals surface area contributed by atoms with E-state index in [4.69, 9.17) is 0 Å². The van der Waals surface area contributed by atoms with E-state index >= 15 is 0 Å². The molecule has 0 nitrogen and oxygen atoms in total. The van der Waals surface area contributed by atoms with Gasteiger partial charge in [0.2, 0.25) is 0 Å². The van der Waals surface area contributed by atoms with Crippen molar-refractivity contribution in [3.8, 4) is 0 Å². The van der Waals surface area contributed by atoms with E-state index < -0.39 is 0 Å². The molecule has 0 unspecified atom stereocenters. The van der Waals surface area contributed by atoms with E-state index in [-0.39, 0.29) is 0 Å². The van der Waals surface area contributed by atoms with Gasteiger partial charge in [0.25, 0.3) is 0 Å². The monoisotopic (exact) mass is 246 g/mol. The van der Waals surface area contributed by atoms with Gasteiger partial charge in [0, 0.05) is 0 Å². The molecule has 0 saturated carbocycles. The summed E-state index contributed by atoms with van der Waals surface area (Å²) >= 11 is 0. The Bertz CT molecular complexity index is 275. The molecule has 0 aliphatic carbocycles. The lowest BCUT2D eigenvalue weighted by molar-refractivity contribution is 0.456. The zero-order valence-corrected chi connectivity index (χ0v) is 12.3. The van der Waals surface area contributed by atoms with Crippen molar-refractivity contribution in [1.29, 1.82) is 0 Å². The van der Waals surface area contributed by atoms with Crippen molar-refractivity contribution in [3.63, 3.8) is 0 Å². The second-order valence-corrected chi connectivity index (χ2v) is 5.69. The third-order valence-electron chi connectivity index (χ3n) is 3.82. The summed E-state index contributed by atoms with van der Waals surface area (Å²) in [5, 5.41) is 0. The summed E-state index contributed by atoms with van der Waals surface area (Å²) in [5.74, 6) is 0.886. The Morgan fingerprint density at radius 1 is 0.833 bits per heavy atom. The van der Waals surface area contributed by atoms with Gasteiger partial charge in [-0.15, -0.1) is 0 Å². The van der Waals surface area contributed by atoms with Crippen LogP contribution in [0.15, 0.2) is 30.3 Å². The third kappa shape index (κ3) is 7.53. The van der Waals surface area contributed by atoms with Crippen LogP contribution in [0.3, 0.4) is 0 Å². The smallest absolute Gasteiger partial charge is 0.0276 e. The largest absolute Gasteiger partial charge is 0.0654 e. The molecule has 0 saturated heterocycles. The van der Waals surface area contributed by atoms with Gasteiger partial charge in [-0.3, -0.25) is 0 Å². The Balaban J connectivity index is 1.99. The molecule has 0 fully saturated rings. The minimum Gasteiger partial charge on any atom is -0.0654 e. The van der Waals surface area contributed by atoms with Crippen LogP contribution in [-0.2, 0) is 6.42 Å². The first-order valence-corrected chi connectivity index (χ1v) is 7.87. The summed E-state index contributed by atoms with van der Waals surface area (Å²) in [6.07, 6.45) is 12.5. The Kier molecular flexibility index (Phi) is 8.63. The predicted molar refractivity (Wildman–Crippen MR) is 81.9 cm³/mol. The quantitative estimate of drug-likeness (QED) is 0.444. The second-order valence-electron chi connectivity index (χ2n) is 5.69. The van der Waals surface area contributed by atoms with Gasteiger partial charge < -0.3 is 0 Å². The maximum atomic E-state index is 2.41. The Morgan fingerprint density at radius 2 is 1.50 bits per heavy atom. The van der Waals surface area contributed by atoms with Gasteiger partial charge >= 0.3 is 0 Å². The normalized spacial score (nSPS) is 12.6. The molecule has 0 heterocycles. The first-order valence-electron chi connectivity index (χ1n) is 7.87. The standard InChI is InChI=1S/C18H30/c1-3-4-5-6-7-9-12-17(2)15-16-18-13-10-8-11-14-18/h8,10-11,13-14,17H,3-7,9,12,15-16H2,1-2H3/t17-/m0/s1. The third-order valence-corrected chi connectivity index (χ3v) is 3.82. The molecule has 0 aliphatic heterocycles. The number of hydrogen-bond donors (Lipinski definition) is 0. The highest BCUT2D eigenvalue weighted by Crippen LogP contribution is 2.17. The molecule has 0 aromatic heterocycles. The Morgan fingerprint density at radius 3 is 2.22 bits per heavy atom. The summed E-state index contributed by atoms with van der Waals surface area (Å²) in [6.45, 7) is 4.70. The van der Waals surface area contributed by atoms with Gasteiger partial charge in [0.05, 0.1) is 0 Å². The molecule has 1 aromatic carbocycles. The zero-order valence-electron chi connectivity index (χ0n) is 12.3. The van der Waals surface area contributed by atoms with Crippen LogP contribution in [0, 0.1) is 5.92 Å². The average Bonchev–Trinajstić information content (AvgIpc) is 2.41. The molecule has 1 rings (SSSR count). The van der Waals surface area contributed by atoms with Gasteiger partial charge in [-0.25, -0.2) is 0 Å². The maximum absolute atomic E-state index is 2.41. The fourth-order valence-electron chi connectivity index (χ4n) is 2.48. The van der Waals surface area contributed by atoms with Gasteiger partial charge in [-0.05, 0) is 24.3 Å². The van der Waals surface area contributed by atoms with E-state index in [9.17, 15) is 0 Å². The van der Waals surface area contributed by atoms with Crippen molar-refractivity contribution in [2.45, 2.75) is 71.6 Å². The fraction of sp³-hybridized carbons (Fsp3) is 0.667. The van der Waals surface area contributed by atoms with Crippen molar-refractivity contribution in [2.75, 3.05) is 0 Å². The van der Waals surface area contributed by atoms with Crippen LogP contribution in [0.25, 0.3) is 0 Å². The lowest BCUT2D eigenvalue weighted by atomic mass is 9.95. The average molecular weight is 246 g/mol. The van der Waals surface area contributed by atoms with Crippen LogP contribution in [0.5, 0.6) is 0 Å². The second kappa shape index (κ2) is 10.2. The van der Waals surface area contributed by atoms with Gasteiger partial charge in [0.1, 0.15) is 0 Å². The first-order chi connectivity index (χ1) is 8.83. The van der Waals surface area contributed by atoms with E-state index in [1.165, 1.54) is 63.4 Å². The van der Waals surface area contributed by atoms with Crippen LogP contribution in [0.4, 0.5) is 0 Å². The topological polar surface area (TPSA) is 0 Å². The minimum absolute atomic E-state index is 0.886. The molecule has 0 spiro atoms. The number of unbranched alkanes of at least 4 members (excludes halogenated alkanes) is 5. The molecular formula is C18H30. The van der Waals surface area contributed by atoms with Crippen molar-refractivity contribution in [1.82, 2.24) is 0 Å². The Hall–Kier alpha value is -0.780. The Labute approximate surface area is 114 Å². The van der Waals surface area contributed by atoms with Crippen molar-refractivity contribution < 1.29 is 0 Å². The van der Waals surface area contributed by atoms with Gasteiger partial charge in [-0.2, -0.15) is 0 Å². The van der Waals surface area contributed by atoms with Crippen LogP contribution in [0.2, 0.25) is 0 Å². The van der Waals surface area contributed by atoms with Crippen LogP contribution in [-0.4, -0.2) is 0 Å². The van der Waals surface area contributed by atoms with Gasteiger partial charge in [0.15, 0.2) is 0 Å². The molecule has 0 aliphatic rings. The summed E-state index contributed by atoms with van der Waals surface area (Å²) in [4.78, 5) is 0. The van der Waals surface area contributed by atoms with E-state index in [1.807, 2.05) is 0 Å². The highest BCUT2D eigenvalue weighted by Gasteiger charge is 2.02. The first kappa shape index (κ1) is 15.3. The number of aryl methyl sites for hydroxylation is 1. The van der Waals surface area contributed by atoms with E-state index in [1.54, 1.807) is 0 Å². The summed E-state index contributed by atoms with van der Waals surface area (Å²) in [7, 11) is 0. The van der Waals surface area contributed by atoms with E-state index in [0.29, 0.717) is 0 Å². The molecule has 1 atom stereocenters. The molecule has 0 heteroatoms.